The molecule has 0 saturated carbocycles. The summed E-state index contributed by atoms with van der Waals surface area (Å²) in [7, 11) is 3.43. The number of pyridine rings is 1. The Morgan fingerprint density at radius 3 is 2.76 bits per heavy atom. The summed E-state index contributed by atoms with van der Waals surface area (Å²) in [6.07, 6.45) is 2.02. The van der Waals surface area contributed by atoms with Crippen LogP contribution in [0, 0.1) is 10.1 Å². The molecule has 0 bridgehead atoms. The van der Waals surface area contributed by atoms with Crippen LogP contribution >= 0.6 is 0 Å². The van der Waals surface area contributed by atoms with Crippen LogP contribution in [0.4, 0.5) is 11.5 Å². The molecule has 0 amide bonds. The molecule has 112 valence electrons. The van der Waals surface area contributed by atoms with Crippen LogP contribution in [0.1, 0.15) is 18.2 Å². The molecule has 2 heterocycles. The van der Waals surface area contributed by atoms with Gasteiger partial charge in [0.15, 0.2) is 0 Å². The van der Waals surface area contributed by atoms with E-state index < -0.39 is 4.92 Å². The number of methoxy groups -OCH3 is 1. The molecule has 2 rings (SSSR count). The first kappa shape index (κ1) is 14.8. The maximum Gasteiger partial charge on any atom is 0.287 e. The Morgan fingerprint density at radius 2 is 2.24 bits per heavy atom. The molecule has 1 N–H and O–H groups in total. The van der Waals surface area contributed by atoms with E-state index in [2.05, 4.69) is 15.4 Å². The van der Waals surface area contributed by atoms with Crippen molar-refractivity contribution in [2.75, 3.05) is 12.4 Å². The van der Waals surface area contributed by atoms with Crippen molar-refractivity contribution < 1.29 is 9.66 Å². The fourth-order valence-electron chi connectivity index (χ4n) is 2.10. The Bertz CT molecular complexity index is 636. The molecule has 0 atom stereocenters. The summed E-state index contributed by atoms with van der Waals surface area (Å²) in [6.45, 7) is 2.51. The Morgan fingerprint density at radius 1 is 1.48 bits per heavy atom. The van der Waals surface area contributed by atoms with Crippen LogP contribution < -0.4 is 10.1 Å². The molecule has 21 heavy (non-hydrogen) atoms. The molecule has 0 aromatic carbocycles. The van der Waals surface area contributed by atoms with Crippen molar-refractivity contribution >= 4 is 11.5 Å². The lowest BCUT2D eigenvalue weighted by Crippen LogP contribution is -2.05. The summed E-state index contributed by atoms with van der Waals surface area (Å²) in [5.74, 6) is 1.26. The predicted molar refractivity (Wildman–Crippen MR) is 77.4 cm³/mol. The normalized spacial score (nSPS) is 10.4. The van der Waals surface area contributed by atoms with E-state index in [1.807, 2.05) is 14.0 Å². The molecule has 0 saturated heterocycles. The molecule has 0 aliphatic heterocycles. The second kappa shape index (κ2) is 6.21. The predicted octanol–water partition coefficient (Wildman–Crippen LogP) is 1.91. The molecular weight excluding hydrogens is 274 g/mol. The second-order valence-corrected chi connectivity index (χ2v) is 4.42. The van der Waals surface area contributed by atoms with Gasteiger partial charge in [-0.25, -0.2) is 9.67 Å². The van der Waals surface area contributed by atoms with Gasteiger partial charge in [-0.2, -0.15) is 5.10 Å². The Kier molecular flexibility index (Phi) is 4.36. The molecular formula is C13H17N5O3. The zero-order valence-corrected chi connectivity index (χ0v) is 12.2. The minimum Gasteiger partial charge on any atom is -0.481 e. The Balaban J connectivity index is 2.14. The average molecular weight is 291 g/mol. The van der Waals surface area contributed by atoms with Crippen molar-refractivity contribution in [3.63, 3.8) is 0 Å². The van der Waals surface area contributed by atoms with Gasteiger partial charge in [-0.05, 0) is 12.5 Å². The molecule has 0 aliphatic carbocycles. The lowest BCUT2D eigenvalue weighted by Gasteiger charge is -2.07. The first-order valence-corrected chi connectivity index (χ1v) is 6.49. The lowest BCUT2D eigenvalue weighted by atomic mass is 10.2. The van der Waals surface area contributed by atoms with Crippen LogP contribution in [0.2, 0.25) is 0 Å². The summed E-state index contributed by atoms with van der Waals surface area (Å²) >= 11 is 0. The summed E-state index contributed by atoms with van der Waals surface area (Å²) < 4.78 is 7.04. The average Bonchev–Trinajstić information content (AvgIpc) is 2.80. The van der Waals surface area contributed by atoms with Crippen LogP contribution in [-0.4, -0.2) is 26.8 Å². The number of hydrogen-bond acceptors (Lipinski definition) is 6. The highest BCUT2D eigenvalue weighted by molar-refractivity contribution is 5.42. The highest BCUT2D eigenvalue weighted by Gasteiger charge is 2.15. The van der Waals surface area contributed by atoms with Gasteiger partial charge in [-0.15, -0.1) is 0 Å². The molecule has 2 aromatic heterocycles. The van der Waals surface area contributed by atoms with Crippen molar-refractivity contribution in [2.24, 2.45) is 7.05 Å². The fraction of sp³-hybridized carbons (Fsp3) is 0.385. The summed E-state index contributed by atoms with van der Waals surface area (Å²) in [5.41, 5.74) is 1.88. The largest absolute Gasteiger partial charge is 0.481 e. The molecule has 2 aromatic rings. The van der Waals surface area contributed by atoms with E-state index in [0.29, 0.717) is 18.2 Å². The second-order valence-electron chi connectivity index (χ2n) is 4.42. The van der Waals surface area contributed by atoms with Crippen molar-refractivity contribution in [3.8, 4) is 5.88 Å². The van der Waals surface area contributed by atoms with Gasteiger partial charge in [-0.3, -0.25) is 10.1 Å². The van der Waals surface area contributed by atoms with Crippen LogP contribution in [-0.2, 0) is 20.0 Å². The van der Waals surface area contributed by atoms with Gasteiger partial charge >= 0.3 is 0 Å². The smallest absolute Gasteiger partial charge is 0.287 e. The molecule has 8 heteroatoms. The summed E-state index contributed by atoms with van der Waals surface area (Å²) in [6, 6.07) is 2.99. The number of aryl methyl sites for hydroxylation is 2. The summed E-state index contributed by atoms with van der Waals surface area (Å²) in [4.78, 5) is 14.1. The number of aromatic nitrogens is 3. The zero-order valence-electron chi connectivity index (χ0n) is 12.2. The molecule has 0 radical (unpaired) electrons. The van der Waals surface area contributed by atoms with Gasteiger partial charge in [0.1, 0.15) is 12.0 Å². The van der Waals surface area contributed by atoms with E-state index in [-0.39, 0.29) is 5.69 Å². The topological polar surface area (TPSA) is 95.1 Å². The number of ether oxygens (including phenoxy) is 1. The maximum atomic E-state index is 10.6. The highest BCUT2D eigenvalue weighted by Crippen LogP contribution is 2.23. The van der Waals surface area contributed by atoms with Crippen LogP contribution in [0.25, 0.3) is 0 Å². The minimum absolute atomic E-state index is 0.0336. The van der Waals surface area contributed by atoms with Gasteiger partial charge in [0.05, 0.1) is 23.3 Å². The zero-order chi connectivity index (χ0) is 15.4. The SMILES string of the molecule is CCc1nn(C)c(OC)c1CNc1ccc([N+](=O)[O-])cn1. The van der Waals surface area contributed by atoms with Gasteiger partial charge in [0.25, 0.3) is 5.69 Å². The van der Waals surface area contributed by atoms with E-state index in [1.54, 1.807) is 17.9 Å². The van der Waals surface area contributed by atoms with Crippen molar-refractivity contribution in [3.05, 3.63) is 39.7 Å². The molecule has 8 nitrogen and oxygen atoms in total. The van der Waals surface area contributed by atoms with Crippen molar-refractivity contribution in [1.82, 2.24) is 14.8 Å². The van der Waals surface area contributed by atoms with Gasteiger partial charge in [0.2, 0.25) is 5.88 Å². The van der Waals surface area contributed by atoms with E-state index in [4.69, 9.17) is 4.74 Å². The number of nitrogens with one attached hydrogen (secondary N) is 1. The number of nitro groups is 1. The number of nitrogens with zero attached hydrogens (tertiary/aromatic N) is 4. The summed E-state index contributed by atoms with van der Waals surface area (Å²) in [5, 5.41) is 18.1. The Labute approximate surface area is 121 Å². The lowest BCUT2D eigenvalue weighted by molar-refractivity contribution is -0.385. The minimum atomic E-state index is -0.476. The van der Waals surface area contributed by atoms with Gasteiger partial charge in [0, 0.05) is 19.7 Å². The van der Waals surface area contributed by atoms with Crippen molar-refractivity contribution in [2.45, 2.75) is 19.9 Å². The third-order valence-corrected chi connectivity index (χ3v) is 3.10. The molecule has 0 spiro atoms. The standard InChI is InChI=1S/C13H17N5O3/c1-4-11-10(13(21-3)17(2)16-11)8-15-12-6-5-9(7-14-12)18(19)20/h5-7H,4,8H2,1-3H3,(H,14,15). The van der Waals surface area contributed by atoms with E-state index in [1.165, 1.54) is 12.3 Å². The third-order valence-electron chi connectivity index (χ3n) is 3.10. The van der Waals surface area contributed by atoms with Gasteiger partial charge < -0.3 is 10.1 Å². The molecule has 0 aliphatic rings. The molecule has 0 unspecified atom stereocenters. The first-order valence-electron chi connectivity index (χ1n) is 6.49. The van der Waals surface area contributed by atoms with E-state index in [0.717, 1.165) is 17.7 Å². The quantitative estimate of drug-likeness (QED) is 0.645. The van der Waals surface area contributed by atoms with Crippen LogP contribution in [0.3, 0.4) is 0 Å². The number of anilines is 1. The molecule has 0 fully saturated rings. The number of hydrogen-bond donors (Lipinski definition) is 1. The highest BCUT2D eigenvalue weighted by atomic mass is 16.6. The van der Waals surface area contributed by atoms with Crippen molar-refractivity contribution in [1.29, 1.82) is 0 Å². The Hall–Kier alpha value is -2.64. The third kappa shape index (κ3) is 3.10. The van der Waals surface area contributed by atoms with Crippen LogP contribution in [0.15, 0.2) is 18.3 Å². The first-order chi connectivity index (χ1) is 10.1. The van der Waals surface area contributed by atoms with E-state index in [9.17, 15) is 10.1 Å². The van der Waals surface area contributed by atoms with E-state index >= 15 is 0 Å². The number of rotatable bonds is 6. The monoisotopic (exact) mass is 291 g/mol. The maximum absolute atomic E-state index is 10.6. The fourth-order valence-corrected chi connectivity index (χ4v) is 2.10. The van der Waals surface area contributed by atoms with Crippen LogP contribution in [0.5, 0.6) is 5.88 Å². The van der Waals surface area contributed by atoms with Gasteiger partial charge in [-0.1, -0.05) is 6.92 Å².